The van der Waals surface area contributed by atoms with Crippen molar-refractivity contribution in [2.75, 3.05) is 6.61 Å². The number of rotatable bonds is 3. The van der Waals surface area contributed by atoms with Crippen LogP contribution in [0.5, 0.6) is 0 Å². The zero-order valence-electron chi connectivity index (χ0n) is 9.52. The number of fused-ring (bicyclic) bond motifs is 1. The summed E-state index contributed by atoms with van der Waals surface area (Å²) in [6, 6.07) is -1.53. The number of nitrogens with one attached hydrogen (secondary N) is 3. The first-order valence-electron chi connectivity index (χ1n) is 5.37. The van der Waals surface area contributed by atoms with E-state index in [9.17, 15) is 14.4 Å². The summed E-state index contributed by atoms with van der Waals surface area (Å²) in [5.74, 6) is -0.496. The van der Waals surface area contributed by atoms with Crippen LogP contribution in [0.3, 0.4) is 0 Å². The lowest BCUT2D eigenvalue weighted by Crippen LogP contribution is -2.51. The first kappa shape index (κ1) is 11.5. The van der Waals surface area contributed by atoms with Gasteiger partial charge in [-0.15, -0.1) is 0 Å². The highest BCUT2D eigenvalue weighted by molar-refractivity contribution is 5.88. The molecule has 0 aromatic heterocycles. The van der Waals surface area contributed by atoms with Crippen LogP contribution in [0.4, 0.5) is 9.59 Å². The molecular weight excluding hydrogens is 228 g/mol. The number of ether oxygens (including phenoxy) is 1. The van der Waals surface area contributed by atoms with Gasteiger partial charge >= 0.3 is 18.0 Å². The second-order valence-electron chi connectivity index (χ2n) is 3.83. The predicted molar refractivity (Wildman–Crippen MR) is 55.7 cm³/mol. The van der Waals surface area contributed by atoms with E-state index in [1.54, 1.807) is 13.8 Å². The van der Waals surface area contributed by atoms with Gasteiger partial charge in [0.2, 0.25) is 0 Å². The normalized spacial score (nSPS) is 28.0. The molecule has 3 atom stereocenters. The maximum absolute atomic E-state index is 11.7. The Hall–Kier alpha value is -1.99. The van der Waals surface area contributed by atoms with Gasteiger partial charge < -0.3 is 20.7 Å². The van der Waals surface area contributed by atoms with Gasteiger partial charge in [0.05, 0.1) is 6.61 Å². The van der Waals surface area contributed by atoms with Crippen molar-refractivity contribution in [3.05, 3.63) is 0 Å². The summed E-state index contributed by atoms with van der Waals surface area (Å²) >= 11 is 0. The Morgan fingerprint density at radius 1 is 1.41 bits per heavy atom. The minimum atomic E-state index is -0.745. The molecule has 0 radical (unpaired) electrons. The second kappa shape index (κ2) is 4.11. The van der Waals surface area contributed by atoms with Crippen molar-refractivity contribution in [2.45, 2.75) is 32.2 Å². The fourth-order valence-electron chi connectivity index (χ4n) is 1.95. The van der Waals surface area contributed by atoms with Crippen LogP contribution in [0, 0.1) is 0 Å². The summed E-state index contributed by atoms with van der Waals surface area (Å²) in [7, 11) is 0. The summed E-state index contributed by atoms with van der Waals surface area (Å²) in [5, 5.41) is 7.64. The standard InChI is InChI=1S/C9H14N4O4/c1-3-17-7(14)4(2)13-6-5(11-9(13)16)10-8(15)12-6/h4-6H,3H2,1-2H3,(H,11,16)(H2,10,12,15)/t4-,5+,6+/m0/s1. The number of urea groups is 2. The van der Waals surface area contributed by atoms with Gasteiger partial charge in [-0.05, 0) is 13.8 Å². The number of nitrogens with zero attached hydrogens (tertiary/aromatic N) is 1. The SMILES string of the molecule is CCOC(=O)[C@H](C)N1C(=O)N[C@H]2NC(=O)N[C@@H]21. The first-order chi connectivity index (χ1) is 8.04. The average molecular weight is 242 g/mol. The maximum atomic E-state index is 11.7. The van der Waals surface area contributed by atoms with E-state index < -0.39 is 30.4 Å². The molecule has 0 saturated carbocycles. The molecule has 4 amide bonds. The van der Waals surface area contributed by atoms with Gasteiger partial charge in [-0.1, -0.05) is 0 Å². The molecule has 0 aromatic rings. The number of hydrogen-bond acceptors (Lipinski definition) is 4. The van der Waals surface area contributed by atoms with Gasteiger partial charge in [-0.3, -0.25) is 4.90 Å². The second-order valence-corrected chi connectivity index (χ2v) is 3.83. The van der Waals surface area contributed by atoms with Crippen molar-refractivity contribution < 1.29 is 19.1 Å². The van der Waals surface area contributed by atoms with E-state index in [4.69, 9.17) is 4.74 Å². The molecule has 2 saturated heterocycles. The minimum absolute atomic E-state index is 0.247. The van der Waals surface area contributed by atoms with Crippen molar-refractivity contribution in [1.29, 1.82) is 0 Å². The zero-order valence-corrected chi connectivity index (χ0v) is 9.52. The number of carbonyl (C=O) groups is 3. The Bertz CT molecular complexity index is 372. The highest BCUT2D eigenvalue weighted by atomic mass is 16.5. The van der Waals surface area contributed by atoms with Gasteiger partial charge in [-0.25, -0.2) is 14.4 Å². The largest absolute Gasteiger partial charge is 0.464 e. The lowest BCUT2D eigenvalue weighted by Gasteiger charge is -2.26. The molecule has 0 unspecified atom stereocenters. The van der Waals surface area contributed by atoms with Crippen molar-refractivity contribution in [2.24, 2.45) is 0 Å². The monoisotopic (exact) mass is 242 g/mol. The molecule has 2 fully saturated rings. The van der Waals surface area contributed by atoms with E-state index in [1.165, 1.54) is 4.90 Å². The van der Waals surface area contributed by atoms with Gasteiger partial charge in [0.25, 0.3) is 0 Å². The zero-order chi connectivity index (χ0) is 12.6. The maximum Gasteiger partial charge on any atom is 0.328 e. The van der Waals surface area contributed by atoms with Gasteiger partial charge in [-0.2, -0.15) is 0 Å². The third-order valence-corrected chi connectivity index (χ3v) is 2.74. The highest BCUT2D eigenvalue weighted by Crippen LogP contribution is 2.17. The van der Waals surface area contributed by atoms with E-state index in [0.29, 0.717) is 0 Å². The van der Waals surface area contributed by atoms with Crippen LogP contribution in [-0.2, 0) is 9.53 Å². The minimum Gasteiger partial charge on any atom is -0.464 e. The molecule has 8 heteroatoms. The molecule has 2 heterocycles. The number of amides is 4. The fraction of sp³-hybridized carbons (Fsp3) is 0.667. The first-order valence-corrected chi connectivity index (χ1v) is 5.37. The Kier molecular flexibility index (Phi) is 2.78. The van der Waals surface area contributed by atoms with Crippen LogP contribution in [0.15, 0.2) is 0 Å². The van der Waals surface area contributed by atoms with Crippen molar-refractivity contribution in [3.8, 4) is 0 Å². The summed E-state index contributed by atoms with van der Waals surface area (Å²) in [6.45, 7) is 3.50. The molecular formula is C9H14N4O4. The lowest BCUT2D eigenvalue weighted by atomic mass is 10.2. The summed E-state index contributed by atoms with van der Waals surface area (Å²) < 4.78 is 4.85. The van der Waals surface area contributed by atoms with E-state index in [0.717, 1.165) is 0 Å². The molecule has 0 bridgehead atoms. The van der Waals surface area contributed by atoms with Crippen LogP contribution < -0.4 is 16.0 Å². The van der Waals surface area contributed by atoms with Crippen LogP contribution in [0.1, 0.15) is 13.8 Å². The summed E-state index contributed by atoms with van der Waals surface area (Å²) in [4.78, 5) is 35.6. The highest BCUT2D eigenvalue weighted by Gasteiger charge is 2.48. The molecule has 0 spiro atoms. The van der Waals surface area contributed by atoms with Gasteiger partial charge in [0.1, 0.15) is 18.4 Å². The van der Waals surface area contributed by atoms with Gasteiger partial charge in [0.15, 0.2) is 0 Å². The molecule has 8 nitrogen and oxygen atoms in total. The molecule has 2 aliphatic rings. The van der Waals surface area contributed by atoms with E-state index in [-0.39, 0.29) is 12.6 Å². The number of hydrogen-bond donors (Lipinski definition) is 3. The molecule has 2 rings (SSSR count). The Labute approximate surface area is 97.7 Å². The van der Waals surface area contributed by atoms with Crippen LogP contribution in [0.25, 0.3) is 0 Å². The van der Waals surface area contributed by atoms with Crippen molar-refractivity contribution in [3.63, 3.8) is 0 Å². The Balaban J connectivity index is 2.11. The Morgan fingerprint density at radius 3 is 2.76 bits per heavy atom. The van der Waals surface area contributed by atoms with E-state index >= 15 is 0 Å². The molecule has 94 valence electrons. The molecule has 17 heavy (non-hydrogen) atoms. The molecule has 2 aliphatic heterocycles. The fourth-order valence-corrected chi connectivity index (χ4v) is 1.95. The third kappa shape index (κ3) is 1.85. The van der Waals surface area contributed by atoms with Crippen LogP contribution in [-0.4, -0.2) is 47.9 Å². The molecule has 0 aliphatic carbocycles. The summed E-state index contributed by atoms with van der Waals surface area (Å²) in [6.07, 6.45) is -1.07. The molecule has 3 N–H and O–H groups in total. The van der Waals surface area contributed by atoms with Gasteiger partial charge in [0, 0.05) is 0 Å². The van der Waals surface area contributed by atoms with Crippen LogP contribution in [0.2, 0.25) is 0 Å². The third-order valence-electron chi connectivity index (χ3n) is 2.74. The van der Waals surface area contributed by atoms with E-state index in [2.05, 4.69) is 16.0 Å². The average Bonchev–Trinajstić information content (AvgIpc) is 2.72. The molecule has 0 aromatic carbocycles. The Morgan fingerprint density at radius 2 is 2.12 bits per heavy atom. The van der Waals surface area contributed by atoms with Crippen molar-refractivity contribution in [1.82, 2.24) is 20.9 Å². The lowest BCUT2D eigenvalue weighted by molar-refractivity contribution is -0.148. The quantitative estimate of drug-likeness (QED) is 0.548. The summed E-state index contributed by atoms with van der Waals surface area (Å²) in [5.41, 5.74) is 0. The number of esters is 1. The number of carbonyl (C=O) groups excluding carboxylic acids is 3. The van der Waals surface area contributed by atoms with E-state index in [1.807, 2.05) is 0 Å². The van der Waals surface area contributed by atoms with Crippen LogP contribution >= 0.6 is 0 Å². The predicted octanol–water partition coefficient (Wildman–Crippen LogP) is -1.07. The smallest absolute Gasteiger partial charge is 0.328 e. The topological polar surface area (TPSA) is 99.8 Å². The van der Waals surface area contributed by atoms with Crippen molar-refractivity contribution >= 4 is 18.0 Å².